The van der Waals surface area contributed by atoms with E-state index in [2.05, 4.69) is 10.6 Å². The maximum absolute atomic E-state index is 12.7. The Balaban J connectivity index is 1.59. The molecule has 0 unspecified atom stereocenters. The molecule has 0 saturated heterocycles. The van der Waals surface area contributed by atoms with Crippen LogP contribution in [0.3, 0.4) is 0 Å². The minimum atomic E-state index is -0.815. The fourth-order valence-electron chi connectivity index (χ4n) is 3.41. The molecular weight excluding hydrogens is 342 g/mol. The molecule has 0 aromatic heterocycles. The van der Waals surface area contributed by atoms with Crippen molar-refractivity contribution in [1.82, 2.24) is 10.2 Å². The number of rotatable bonds is 8. The summed E-state index contributed by atoms with van der Waals surface area (Å²) in [6.45, 7) is 2.70. The number of nitrogens with one attached hydrogen (secondary N) is 2. The Morgan fingerprint density at radius 3 is 2.41 bits per heavy atom. The van der Waals surface area contributed by atoms with E-state index in [1.807, 2.05) is 60.4 Å². The minimum absolute atomic E-state index is 0.0473. The first-order valence-electron chi connectivity index (χ1n) is 9.24. The maximum atomic E-state index is 12.7. The Bertz CT molecular complexity index is 788. The molecule has 0 bridgehead atoms. The highest BCUT2D eigenvalue weighted by molar-refractivity contribution is 6.00. The van der Waals surface area contributed by atoms with Gasteiger partial charge in [0.05, 0.1) is 17.8 Å². The van der Waals surface area contributed by atoms with Crippen LogP contribution in [0.2, 0.25) is 0 Å². The van der Waals surface area contributed by atoms with E-state index in [0.29, 0.717) is 12.1 Å². The van der Waals surface area contributed by atoms with Gasteiger partial charge in [-0.3, -0.25) is 14.5 Å². The number of likely N-dealkylation sites (N-methyl/N-ethyl adjacent to an activating group) is 1. The number of para-hydroxylation sites is 2. The maximum Gasteiger partial charge on any atom is 0.317 e. The number of nitrogens with zero attached hydrogens (tertiary/aromatic N) is 1. The molecule has 0 atom stereocenters. The summed E-state index contributed by atoms with van der Waals surface area (Å²) in [6, 6.07) is 17.5. The number of carboxylic acid groups (broad SMARTS) is 1. The highest BCUT2D eigenvalue weighted by Gasteiger charge is 2.35. The summed E-state index contributed by atoms with van der Waals surface area (Å²) in [7, 11) is 0. The summed E-state index contributed by atoms with van der Waals surface area (Å²) in [6.07, 6.45) is 1.56. The van der Waals surface area contributed by atoms with Gasteiger partial charge in [-0.25, -0.2) is 0 Å². The van der Waals surface area contributed by atoms with Crippen LogP contribution in [0.4, 0.5) is 11.4 Å². The Morgan fingerprint density at radius 1 is 1.07 bits per heavy atom. The Kier molecular flexibility index (Phi) is 6.08. The van der Waals surface area contributed by atoms with Gasteiger partial charge >= 0.3 is 5.97 Å². The van der Waals surface area contributed by atoms with Gasteiger partial charge in [-0.15, -0.1) is 0 Å². The molecule has 6 nitrogen and oxygen atoms in total. The van der Waals surface area contributed by atoms with Crippen molar-refractivity contribution in [3.63, 3.8) is 0 Å². The fourth-order valence-corrected chi connectivity index (χ4v) is 3.41. The van der Waals surface area contributed by atoms with Crippen molar-refractivity contribution in [2.75, 3.05) is 18.4 Å². The molecule has 0 radical (unpaired) electrons. The third-order valence-electron chi connectivity index (χ3n) is 4.93. The number of anilines is 2. The summed E-state index contributed by atoms with van der Waals surface area (Å²) in [5, 5.41) is 15.3. The summed E-state index contributed by atoms with van der Waals surface area (Å²) in [5.41, 5.74) is 2.29. The van der Waals surface area contributed by atoms with Crippen LogP contribution >= 0.6 is 0 Å². The average Bonchev–Trinajstić information content (AvgIpc) is 2.63. The summed E-state index contributed by atoms with van der Waals surface area (Å²) < 4.78 is 0. The summed E-state index contributed by atoms with van der Waals surface area (Å²) in [5.74, 6) is -0.927. The van der Waals surface area contributed by atoms with Crippen LogP contribution < -0.4 is 10.6 Å². The van der Waals surface area contributed by atoms with Gasteiger partial charge in [0, 0.05) is 17.8 Å². The number of hydrogen-bond acceptors (Lipinski definition) is 4. The zero-order valence-electron chi connectivity index (χ0n) is 15.4. The number of aliphatic carboxylic acids is 1. The largest absolute Gasteiger partial charge is 0.480 e. The zero-order chi connectivity index (χ0) is 19.2. The minimum Gasteiger partial charge on any atom is -0.480 e. The average molecular weight is 367 g/mol. The van der Waals surface area contributed by atoms with Crippen molar-refractivity contribution < 1.29 is 14.7 Å². The van der Waals surface area contributed by atoms with Crippen molar-refractivity contribution in [1.29, 1.82) is 0 Å². The van der Waals surface area contributed by atoms with E-state index in [9.17, 15) is 9.59 Å². The predicted octanol–water partition coefficient (Wildman–Crippen LogP) is 3.10. The van der Waals surface area contributed by atoms with Gasteiger partial charge < -0.3 is 15.7 Å². The van der Waals surface area contributed by atoms with Gasteiger partial charge in [0.2, 0.25) is 0 Å². The normalized spacial score (nSPS) is 18.6. The number of benzene rings is 2. The summed E-state index contributed by atoms with van der Waals surface area (Å²) in [4.78, 5) is 25.6. The van der Waals surface area contributed by atoms with Crippen LogP contribution in [0.25, 0.3) is 0 Å². The smallest absolute Gasteiger partial charge is 0.317 e. The lowest BCUT2D eigenvalue weighted by Crippen LogP contribution is -2.54. The molecule has 0 spiro atoms. The molecule has 3 rings (SSSR count). The molecule has 1 aliphatic rings. The molecule has 1 fully saturated rings. The van der Waals surface area contributed by atoms with E-state index in [-0.39, 0.29) is 24.5 Å². The molecular formula is C21H25N3O3. The van der Waals surface area contributed by atoms with Crippen LogP contribution in [-0.4, -0.2) is 47.1 Å². The number of carbonyl (C=O) groups excluding carboxylic acids is 1. The van der Waals surface area contributed by atoms with Crippen LogP contribution in [0.5, 0.6) is 0 Å². The molecule has 2 aromatic carbocycles. The van der Waals surface area contributed by atoms with E-state index >= 15 is 0 Å². The van der Waals surface area contributed by atoms with E-state index in [0.717, 1.165) is 24.2 Å². The highest BCUT2D eigenvalue weighted by atomic mass is 16.4. The van der Waals surface area contributed by atoms with Gasteiger partial charge in [0.25, 0.3) is 5.91 Å². The highest BCUT2D eigenvalue weighted by Crippen LogP contribution is 2.27. The second-order valence-corrected chi connectivity index (χ2v) is 6.79. The number of carboxylic acids is 1. The van der Waals surface area contributed by atoms with Gasteiger partial charge in [-0.2, -0.15) is 0 Å². The third-order valence-corrected chi connectivity index (χ3v) is 4.93. The fraction of sp³-hybridized carbons (Fsp3) is 0.333. The summed E-state index contributed by atoms with van der Waals surface area (Å²) >= 11 is 0. The number of amides is 1. The van der Waals surface area contributed by atoms with Crippen LogP contribution in [0, 0.1) is 0 Å². The molecule has 1 aliphatic carbocycles. The number of hydrogen-bond donors (Lipinski definition) is 3. The van der Waals surface area contributed by atoms with Crippen molar-refractivity contribution in [2.45, 2.75) is 31.8 Å². The van der Waals surface area contributed by atoms with Crippen molar-refractivity contribution in [2.24, 2.45) is 0 Å². The molecule has 1 saturated carbocycles. The van der Waals surface area contributed by atoms with Gasteiger partial charge in [0.1, 0.15) is 0 Å². The zero-order valence-corrected chi connectivity index (χ0v) is 15.4. The van der Waals surface area contributed by atoms with Gasteiger partial charge in [0.15, 0.2) is 0 Å². The first kappa shape index (κ1) is 18.9. The molecule has 2 aromatic rings. The standard InChI is InChI=1S/C21H25N3O3/c1-2-24(14-20(25)26)17-12-16(13-17)23-21(27)18-10-6-7-11-19(18)22-15-8-4-3-5-9-15/h3-11,16-17,22H,2,12-14H2,1H3,(H,23,27)(H,25,26). The van der Waals surface area contributed by atoms with E-state index in [1.165, 1.54) is 0 Å². The Hall–Kier alpha value is -2.86. The van der Waals surface area contributed by atoms with E-state index < -0.39 is 5.97 Å². The Morgan fingerprint density at radius 2 is 1.74 bits per heavy atom. The van der Waals surface area contributed by atoms with Gasteiger partial charge in [-0.1, -0.05) is 37.3 Å². The molecule has 1 amide bonds. The Labute approximate surface area is 159 Å². The van der Waals surface area contributed by atoms with Crippen molar-refractivity contribution in [3.05, 3.63) is 60.2 Å². The molecule has 27 heavy (non-hydrogen) atoms. The van der Waals surface area contributed by atoms with Crippen molar-refractivity contribution >= 4 is 23.3 Å². The lowest BCUT2D eigenvalue weighted by Gasteiger charge is -2.42. The quantitative estimate of drug-likeness (QED) is 0.668. The molecule has 142 valence electrons. The third kappa shape index (κ3) is 4.86. The second kappa shape index (κ2) is 8.68. The predicted molar refractivity (Wildman–Crippen MR) is 105 cm³/mol. The molecule has 0 heterocycles. The van der Waals surface area contributed by atoms with Crippen molar-refractivity contribution in [3.8, 4) is 0 Å². The lowest BCUT2D eigenvalue weighted by molar-refractivity contribution is -0.139. The molecule has 3 N–H and O–H groups in total. The van der Waals surface area contributed by atoms with E-state index in [1.54, 1.807) is 6.07 Å². The first-order valence-corrected chi connectivity index (χ1v) is 9.24. The monoisotopic (exact) mass is 367 g/mol. The topological polar surface area (TPSA) is 81.7 Å². The van der Waals surface area contributed by atoms with Crippen LogP contribution in [0.1, 0.15) is 30.1 Å². The van der Waals surface area contributed by atoms with Gasteiger partial charge in [-0.05, 0) is 43.7 Å². The molecule has 0 aliphatic heterocycles. The number of carbonyl (C=O) groups is 2. The lowest BCUT2D eigenvalue weighted by atomic mass is 9.85. The molecule has 6 heteroatoms. The van der Waals surface area contributed by atoms with E-state index in [4.69, 9.17) is 5.11 Å². The van der Waals surface area contributed by atoms with Crippen LogP contribution in [-0.2, 0) is 4.79 Å². The SMILES string of the molecule is CCN(CC(=O)O)C1CC(NC(=O)c2ccccc2Nc2ccccc2)C1. The first-order chi connectivity index (χ1) is 13.1. The van der Waals surface area contributed by atoms with Crippen LogP contribution in [0.15, 0.2) is 54.6 Å². The second-order valence-electron chi connectivity index (χ2n) is 6.79.